The summed E-state index contributed by atoms with van der Waals surface area (Å²) < 4.78 is 1.76. The molecule has 0 bridgehead atoms. The number of anilines is 3. The molecule has 7 heteroatoms. The number of aromatic nitrogens is 3. The predicted octanol–water partition coefficient (Wildman–Crippen LogP) is 3.03. The zero-order chi connectivity index (χ0) is 17.9. The van der Waals surface area contributed by atoms with Crippen LogP contribution >= 0.6 is 0 Å². The number of fused-ring (bicyclic) bond motifs is 1. The van der Waals surface area contributed by atoms with Gasteiger partial charge in [-0.1, -0.05) is 6.07 Å². The summed E-state index contributed by atoms with van der Waals surface area (Å²) in [5.41, 5.74) is 9.03. The number of hydrogen-bond acceptors (Lipinski definition) is 6. The summed E-state index contributed by atoms with van der Waals surface area (Å²) in [5, 5.41) is 20.6. The Morgan fingerprint density at radius 1 is 1.19 bits per heavy atom. The second-order valence-electron chi connectivity index (χ2n) is 6.71. The molecule has 0 radical (unpaired) electrons. The molecule has 26 heavy (non-hydrogen) atoms. The summed E-state index contributed by atoms with van der Waals surface area (Å²) in [6, 6.07) is 12.2. The van der Waals surface area contributed by atoms with Gasteiger partial charge in [0.25, 0.3) is 0 Å². The molecular formula is C19H21N7. The number of imidazole rings is 1. The molecule has 2 aromatic heterocycles. The van der Waals surface area contributed by atoms with E-state index in [-0.39, 0.29) is 0 Å². The van der Waals surface area contributed by atoms with Crippen molar-refractivity contribution in [1.82, 2.24) is 14.6 Å². The van der Waals surface area contributed by atoms with E-state index < -0.39 is 0 Å². The van der Waals surface area contributed by atoms with Gasteiger partial charge in [0.2, 0.25) is 0 Å². The van der Waals surface area contributed by atoms with Gasteiger partial charge < -0.3 is 16.4 Å². The van der Waals surface area contributed by atoms with Crippen molar-refractivity contribution in [2.24, 2.45) is 5.73 Å². The van der Waals surface area contributed by atoms with Crippen molar-refractivity contribution >= 4 is 22.8 Å². The normalized spacial score (nSPS) is 19.8. The van der Waals surface area contributed by atoms with Crippen LogP contribution in [0.2, 0.25) is 0 Å². The van der Waals surface area contributed by atoms with Crippen LogP contribution in [0.15, 0.2) is 42.7 Å². The topological polar surface area (TPSA) is 104 Å². The summed E-state index contributed by atoms with van der Waals surface area (Å²) in [6.07, 6.45) is 7.74. The van der Waals surface area contributed by atoms with Gasteiger partial charge in [-0.3, -0.25) is 0 Å². The van der Waals surface area contributed by atoms with Crippen LogP contribution in [0.1, 0.15) is 31.2 Å². The molecule has 7 nitrogen and oxygen atoms in total. The van der Waals surface area contributed by atoms with Crippen molar-refractivity contribution < 1.29 is 0 Å². The lowest BCUT2D eigenvalue weighted by molar-refractivity contribution is 0.410. The summed E-state index contributed by atoms with van der Waals surface area (Å²) in [7, 11) is 0. The zero-order valence-corrected chi connectivity index (χ0v) is 14.4. The van der Waals surface area contributed by atoms with Gasteiger partial charge in [0, 0.05) is 36.2 Å². The lowest BCUT2D eigenvalue weighted by Gasteiger charge is -2.27. The van der Waals surface area contributed by atoms with E-state index in [0.29, 0.717) is 17.6 Å². The molecule has 1 fully saturated rings. The quantitative estimate of drug-likeness (QED) is 0.670. The third-order valence-corrected chi connectivity index (χ3v) is 4.75. The fourth-order valence-electron chi connectivity index (χ4n) is 3.37. The maximum atomic E-state index is 9.09. The lowest BCUT2D eigenvalue weighted by Crippen LogP contribution is -2.33. The van der Waals surface area contributed by atoms with Crippen LogP contribution in [0.25, 0.3) is 5.65 Å². The number of nitrogens with two attached hydrogens (primary N) is 1. The highest BCUT2D eigenvalue weighted by Crippen LogP contribution is 2.26. The summed E-state index contributed by atoms with van der Waals surface area (Å²) in [5.74, 6) is 0.801. The largest absolute Gasteiger partial charge is 0.366 e. The van der Waals surface area contributed by atoms with Crippen LogP contribution in [-0.2, 0) is 0 Å². The van der Waals surface area contributed by atoms with E-state index in [0.717, 1.165) is 48.5 Å². The Labute approximate surface area is 151 Å². The Bertz CT molecular complexity index is 948. The Kier molecular flexibility index (Phi) is 4.42. The van der Waals surface area contributed by atoms with Gasteiger partial charge in [-0.05, 0) is 43.9 Å². The van der Waals surface area contributed by atoms with E-state index >= 15 is 0 Å². The van der Waals surface area contributed by atoms with E-state index in [2.05, 4.69) is 26.8 Å². The molecule has 0 amide bonds. The fourth-order valence-corrected chi connectivity index (χ4v) is 3.37. The van der Waals surface area contributed by atoms with Gasteiger partial charge in [0.1, 0.15) is 5.82 Å². The molecule has 2 heterocycles. The first-order chi connectivity index (χ1) is 12.7. The van der Waals surface area contributed by atoms with Gasteiger partial charge in [0.15, 0.2) is 5.65 Å². The summed E-state index contributed by atoms with van der Waals surface area (Å²) in [6.45, 7) is 0. The van der Waals surface area contributed by atoms with Crippen molar-refractivity contribution in [1.29, 1.82) is 5.26 Å². The Morgan fingerprint density at radius 2 is 2.04 bits per heavy atom. The Morgan fingerprint density at radius 3 is 2.85 bits per heavy atom. The van der Waals surface area contributed by atoms with Crippen molar-refractivity contribution in [3.63, 3.8) is 0 Å². The average Bonchev–Trinajstić information content (AvgIpc) is 3.13. The average molecular weight is 347 g/mol. The van der Waals surface area contributed by atoms with Crippen LogP contribution < -0.4 is 16.4 Å². The van der Waals surface area contributed by atoms with Crippen LogP contribution in [0, 0.1) is 11.3 Å². The predicted molar refractivity (Wildman–Crippen MR) is 101 cm³/mol. The van der Waals surface area contributed by atoms with Gasteiger partial charge in [-0.15, -0.1) is 5.10 Å². The van der Waals surface area contributed by atoms with Gasteiger partial charge in [0.05, 0.1) is 17.3 Å². The van der Waals surface area contributed by atoms with E-state index in [1.165, 1.54) is 0 Å². The van der Waals surface area contributed by atoms with Gasteiger partial charge in [-0.25, -0.2) is 9.50 Å². The third kappa shape index (κ3) is 3.46. The Balaban J connectivity index is 1.61. The third-order valence-electron chi connectivity index (χ3n) is 4.75. The first-order valence-electron chi connectivity index (χ1n) is 8.85. The first kappa shape index (κ1) is 16.4. The molecule has 4 rings (SSSR count). The zero-order valence-electron chi connectivity index (χ0n) is 14.4. The molecule has 1 aliphatic carbocycles. The van der Waals surface area contributed by atoms with E-state index in [1.807, 2.05) is 30.5 Å². The number of nitriles is 1. The van der Waals surface area contributed by atoms with E-state index in [1.54, 1.807) is 16.8 Å². The standard InChI is InChI=1S/C19H21N7/c20-12-13-2-1-3-16(10-13)23-17-11-18(25-26-9-8-22-19(17)26)24-15-6-4-14(21)5-7-15/h1-3,8-11,14-15,23H,4-7,21H2,(H,24,25). The Hall–Kier alpha value is -3.11. The van der Waals surface area contributed by atoms with Gasteiger partial charge >= 0.3 is 0 Å². The minimum absolute atomic E-state index is 0.321. The molecule has 0 atom stereocenters. The monoisotopic (exact) mass is 347 g/mol. The number of rotatable bonds is 4. The van der Waals surface area contributed by atoms with E-state index in [9.17, 15) is 0 Å². The molecular weight excluding hydrogens is 326 g/mol. The molecule has 3 aromatic rings. The van der Waals surface area contributed by atoms with E-state index in [4.69, 9.17) is 11.0 Å². The highest BCUT2D eigenvalue weighted by molar-refractivity contribution is 5.76. The molecule has 0 unspecified atom stereocenters. The molecule has 4 N–H and O–H groups in total. The van der Waals surface area contributed by atoms with Crippen molar-refractivity contribution in [2.75, 3.05) is 10.6 Å². The number of nitrogens with one attached hydrogen (secondary N) is 2. The minimum atomic E-state index is 0.321. The molecule has 0 saturated heterocycles. The van der Waals surface area contributed by atoms with Crippen LogP contribution in [0.5, 0.6) is 0 Å². The first-order valence-corrected chi connectivity index (χ1v) is 8.85. The molecule has 0 spiro atoms. The fraction of sp³-hybridized carbons (Fsp3) is 0.316. The van der Waals surface area contributed by atoms with Gasteiger partial charge in [-0.2, -0.15) is 5.26 Å². The maximum Gasteiger partial charge on any atom is 0.177 e. The van der Waals surface area contributed by atoms with Crippen LogP contribution in [0.4, 0.5) is 17.2 Å². The molecule has 1 aromatic carbocycles. The summed E-state index contributed by atoms with van der Waals surface area (Å²) >= 11 is 0. The maximum absolute atomic E-state index is 9.09. The summed E-state index contributed by atoms with van der Waals surface area (Å²) in [4.78, 5) is 4.38. The number of benzene rings is 1. The van der Waals surface area contributed by atoms with Crippen LogP contribution in [-0.4, -0.2) is 26.7 Å². The SMILES string of the molecule is N#Cc1cccc(Nc2cc(NC3CCC(N)CC3)nn3ccnc23)c1. The molecule has 1 aliphatic rings. The molecule has 132 valence electrons. The highest BCUT2D eigenvalue weighted by Gasteiger charge is 2.19. The lowest BCUT2D eigenvalue weighted by atomic mass is 9.92. The number of hydrogen-bond donors (Lipinski definition) is 3. The molecule has 1 saturated carbocycles. The van der Waals surface area contributed by atoms with Crippen molar-refractivity contribution in [3.8, 4) is 6.07 Å². The molecule has 0 aliphatic heterocycles. The number of nitrogens with zero attached hydrogens (tertiary/aromatic N) is 4. The second kappa shape index (κ2) is 7.02. The smallest absolute Gasteiger partial charge is 0.177 e. The minimum Gasteiger partial charge on any atom is -0.366 e. The van der Waals surface area contributed by atoms with Crippen molar-refractivity contribution in [3.05, 3.63) is 48.3 Å². The van der Waals surface area contributed by atoms with Crippen molar-refractivity contribution in [2.45, 2.75) is 37.8 Å². The second-order valence-corrected chi connectivity index (χ2v) is 6.71. The van der Waals surface area contributed by atoms with Crippen LogP contribution in [0.3, 0.4) is 0 Å². The highest BCUT2D eigenvalue weighted by atomic mass is 15.3.